The van der Waals surface area contributed by atoms with Crippen LogP contribution in [0.3, 0.4) is 0 Å². The highest BCUT2D eigenvalue weighted by atomic mass is 16.5. The lowest BCUT2D eigenvalue weighted by molar-refractivity contribution is -0.125. The number of ether oxygens (including phenoxy) is 1. The number of urea groups is 1. The van der Waals surface area contributed by atoms with Gasteiger partial charge in [-0.2, -0.15) is 0 Å². The normalized spacial score (nSPS) is 18.5. The van der Waals surface area contributed by atoms with E-state index in [0.717, 1.165) is 37.1 Å². The lowest BCUT2D eigenvalue weighted by Crippen LogP contribution is -2.52. The van der Waals surface area contributed by atoms with E-state index in [1.54, 1.807) is 24.3 Å². The van der Waals surface area contributed by atoms with Gasteiger partial charge in [-0.25, -0.2) is 4.79 Å². The third-order valence-corrected chi connectivity index (χ3v) is 7.08. The Morgan fingerprint density at radius 1 is 1.11 bits per heavy atom. The Labute approximate surface area is 220 Å². The van der Waals surface area contributed by atoms with Crippen molar-refractivity contribution in [1.82, 2.24) is 20.4 Å². The van der Waals surface area contributed by atoms with E-state index in [9.17, 15) is 14.4 Å². The van der Waals surface area contributed by atoms with Gasteiger partial charge in [0.2, 0.25) is 0 Å². The van der Waals surface area contributed by atoms with Gasteiger partial charge in [0.05, 0.1) is 13.7 Å². The number of carbonyl (C=O) groups is 3. The predicted octanol–water partition coefficient (Wildman–Crippen LogP) is 3.58. The fourth-order valence-corrected chi connectivity index (χ4v) is 5.19. The molecule has 4 amide bonds. The predicted molar refractivity (Wildman–Crippen MR) is 141 cm³/mol. The van der Waals surface area contributed by atoms with Crippen LogP contribution >= 0.6 is 0 Å². The van der Waals surface area contributed by atoms with Crippen molar-refractivity contribution in [3.63, 3.8) is 0 Å². The molecule has 3 N–H and O–H groups in total. The summed E-state index contributed by atoms with van der Waals surface area (Å²) >= 11 is 0. The van der Waals surface area contributed by atoms with Gasteiger partial charge >= 0.3 is 6.03 Å². The van der Waals surface area contributed by atoms with Crippen molar-refractivity contribution >= 4 is 34.7 Å². The van der Waals surface area contributed by atoms with Crippen LogP contribution < -0.4 is 15.4 Å². The highest BCUT2D eigenvalue weighted by Gasteiger charge is 2.53. The van der Waals surface area contributed by atoms with Crippen LogP contribution in [0, 0.1) is 5.41 Å². The largest absolute Gasteiger partial charge is 0.497 e. The summed E-state index contributed by atoms with van der Waals surface area (Å²) in [5, 5.41) is 14.4. The van der Waals surface area contributed by atoms with Gasteiger partial charge in [0.15, 0.2) is 5.54 Å². The van der Waals surface area contributed by atoms with Gasteiger partial charge in [-0.05, 0) is 54.8 Å². The molecule has 0 aliphatic carbocycles. The van der Waals surface area contributed by atoms with Crippen molar-refractivity contribution in [2.24, 2.45) is 0 Å². The maximum atomic E-state index is 13.2. The molecule has 10 nitrogen and oxygen atoms in total. The van der Waals surface area contributed by atoms with E-state index in [0.29, 0.717) is 28.1 Å². The maximum absolute atomic E-state index is 13.2. The summed E-state index contributed by atoms with van der Waals surface area (Å²) in [4.78, 5) is 42.3. The van der Waals surface area contributed by atoms with Gasteiger partial charge in [-0.3, -0.25) is 20.3 Å². The number of carbonyl (C=O) groups excluding carboxylic acids is 3. The number of amidine groups is 1. The maximum Gasteiger partial charge on any atom is 0.322 e. The summed E-state index contributed by atoms with van der Waals surface area (Å²) in [7, 11) is 1.53. The molecule has 1 unspecified atom stereocenters. The smallest absolute Gasteiger partial charge is 0.322 e. The number of hydrogen-bond acceptors (Lipinski definition) is 6. The molecular weight excluding hydrogens is 486 g/mol. The molecule has 2 aromatic carbocycles. The molecule has 0 spiro atoms. The standard InChI is InChI=1S/C28H31N5O5/c1-4-10-32(11-5-2)24(29)17-7-9-22-19(12-17)13-23(38-22)28(26(35)30-27(36)31-28)16-33-15-18-6-8-20(37-3)14-21(18)25(33)34/h6-9,12-14,29H,4-5,10-11,15-16H2,1-3H3,(H2,30,31,35,36). The first-order chi connectivity index (χ1) is 18.3. The van der Waals surface area contributed by atoms with Crippen LogP contribution in [0.5, 0.6) is 5.75 Å². The molecule has 0 saturated carbocycles. The number of imide groups is 1. The van der Waals surface area contributed by atoms with Crippen LogP contribution in [0.4, 0.5) is 4.79 Å². The second-order valence-corrected chi connectivity index (χ2v) is 9.70. The molecule has 38 heavy (non-hydrogen) atoms. The average molecular weight is 518 g/mol. The zero-order valence-electron chi connectivity index (χ0n) is 21.7. The number of furan rings is 1. The molecule has 10 heteroatoms. The number of nitrogens with one attached hydrogen (secondary N) is 3. The molecule has 1 saturated heterocycles. The fraction of sp³-hybridized carbons (Fsp3) is 0.357. The molecule has 0 bridgehead atoms. The Bertz CT molecular complexity index is 1440. The number of hydrogen-bond donors (Lipinski definition) is 3. The molecular formula is C28H31N5O5. The molecule has 1 fully saturated rings. The first-order valence-electron chi connectivity index (χ1n) is 12.8. The van der Waals surface area contributed by atoms with Gasteiger partial charge in [-0.15, -0.1) is 0 Å². The molecule has 5 rings (SSSR count). The topological polar surface area (TPSA) is 128 Å². The third-order valence-electron chi connectivity index (χ3n) is 7.08. The summed E-state index contributed by atoms with van der Waals surface area (Å²) in [6.45, 7) is 5.92. The van der Waals surface area contributed by atoms with Crippen LogP contribution in [0.25, 0.3) is 11.0 Å². The number of fused-ring (bicyclic) bond motifs is 2. The monoisotopic (exact) mass is 517 g/mol. The number of rotatable bonds is 9. The third kappa shape index (κ3) is 4.25. The number of methoxy groups -OCH3 is 1. The van der Waals surface area contributed by atoms with Crippen LogP contribution in [0.15, 0.2) is 46.9 Å². The van der Waals surface area contributed by atoms with E-state index < -0.39 is 17.5 Å². The number of benzene rings is 2. The van der Waals surface area contributed by atoms with Crippen molar-refractivity contribution in [2.45, 2.75) is 38.8 Å². The van der Waals surface area contributed by atoms with Gasteiger partial charge in [0, 0.05) is 36.1 Å². The lowest BCUT2D eigenvalue weighted by Gasteiger charge is -2.29. The van der Waals surface area contributed by atoms with Gasteiger partial charge in [0.25, 0.3) is 11.8 Å². The lowest BCUT2D eigenvalue weighted by atomic mass is 9.95. The first-order valence-corrected chi connectivity index (χ1v) is 12.8. The molecule has 3 aromatic rings. The van der Waals surface area contributed by atoms with Crippen LogP contribution in [-0.4, -0.2) is 60.2 Å². The molecule has 2 aliphatic heterocycles. The van der Waals surface area contributed by atoms with E-state index >= 15 is 0 Å². The van der Waals surface area contributed by atoms with E-state index in [1.165, 1.54) is 12.0 Å². The highest BCUT2D eigenvalue weighted by molar-refractivity contribution is 6.08. The molecule has 2 aliphatic rings. The second-order valence-electron chi connectivity index (χ2n) is 9.70. The van der Waals surface area contributed by atoms with Gasteiger partial charge < -0.3 is 24.3 Å². The van der Waals surface area contributed by atoms with E-state index in [1.807, 2.05) is 23.1 Å². The molecule has 198 valence electrons. The zero-order valence-corrected chi connectivity index (χ0v) is 21.7. The van der Waals surface area contributed by atoms with Gasteiger partial charge in [0.1, 0.15) is 22.9 Å². The summed E-state index contributed by atoms with van der Waals surface area (Å²) in [5.74, 6) is 0.366. The minimum atomic E-state index is -1.60. The quantitative estimate of drug-likeness (QED) is 0.226. The van der Waals surface area contributed by atoms with Crippen molar-refractivity contribution < 1.29 is 23.5 Å². The zero-order chi connectivity index (χ0) is 27.0. The Morgan fingerprint density at radius 3 is 2.53 bits per heavy atom. The number of nitrogens with zero attached hydrogens (tertiary/aromatic N) is 2. The van der Waals surface area contributed by atoms with Crippen molar-refractivity contribution in [1.29, 1.82) is 5.41 Å². The summed E-state index contributed by atoms with van der Waals surface area (Å²) in [6.07, 6.45) is 1.87. The number of amides is 4. The van der Waals surface area contributed by atoms with E-state index in [2.05, 4.69) is 24.5 Å². The van der Waals surface area contributed by atoms with Gasteiger partial charge in [-0.1, -0.05) is 19.9 Å². The minimum absolute atomic E-state index is 0.107. The Kier molecular flexibility index (Phi) is 6.56. The van der Waals surface area contributed by atoms with Crippen molar-refractivity contribution in [3.05, 3.63) is 64.9 Å². The highest BCUT2D eigenvalue weighted by Crippen LogP contribution is 2.35. The Morgan fingerprint density at radius 2 is 1.87 bits per heavy atom. The van der Waals surface area contributed by atoms with Crippen molar-refractivity contribution in [2.75, 3.05) is 26.7 Å². The minimum Gasteiger partial charge on any atom is -0.497 e. The molecule has 0 radical (unpaired) electrons. The Hall–Kier alpha value is -4.34. The van der Waals surface area contributed by atoms with Crippen molar-refractivity contribution in [3.8, 4) is 5.75 Å². The summed E-state index contributed by atoms with van der Waals surface area (Å²) in [5.41, 5.74) is 0.970. The molecule has 1 aromatic heterocycles. The Balaban J connectivity index is 1.48. The first kappa shape index (κ1) is 25.3. The SMILES string of the molecule is CCCN(CCC)C(=N)c1ccc2oc(C3(CN4Cc5ccc(OC)cc5C4=O)NC(=O)NC3=O)cc2c1. The van der Waals surface area contributed by atoms with E-state index in [4.69, 9.17) is 14.6 Å². The van der Waals surface area contributed by atoms with E-state index in [-0.39, 0.29) is 24.8 Å². The molecule has 1 atom stereocenters. The van der Waals surface area contributed by atoms with Crippen LogP contribution in [-0.2, 0) is 16.9 Å². The second kappa shape index (κ2) is 9.85. The summed E-state index contributed by atoms with van der Waals surface area (Å²) < 4.78 is 11.4. The fourth-order valence-electron chi connectivity index (χ4n) is 5.19. The summed E-state index contributed by atoms with van der Waals surface area (Å²) in [6, 6.07) is 11.8. The van der Waals surface area contributed by atoms with Crippen LogP contribution in [0.2, 0.25) is 0 Å². The molecule has 3 heterocycles. The van der Waals surface area contributed by atoms with Crippen LogP contribution in [0.1, 0.15) is 53.9 Å². The average Bonchev–Trinajstić information content (AvgIpc) is 3.56.